The van der Waals surface area contributed by atoms with E-state index in [1.165, 1.54) is 6.08 Å². The van der Waals surface area contributed by atoms with Crippen LogP contribution in [0.5, 0.6) is 0 Å². The monoisotopic (exact) mass is 271 g/mol. The zero-order valence-electron chi connectivity index (χ0n) is 10.5. The summed E-state index contributed by atoms with van der Waals surface area (Å²) in [7, 11) is 0. The molecule has 2 rings (SSSR count). The molecular formula is C13H16F3N3. The Balaban J connectivity index is 1.97. The molecule has 1 aliphatic rings. The molecule has 0 aliphatic carbocycles. The van der Waals surface area contributed by atoms with Gasteiger partial charge in [-0.2, -0.15) is 13.2 Å². The van der Waals surface area contributed by atoms with Crippen molar-refractivity contribution >= 4 is 0 Å². The molecule has 0 radical (unpaired) electrons. The van der Waals surface area contributed by atoms with Crippen LogP contribution in [0.2, 0.25) is 0 Å². The van der Waals surface area contributed by atoms with Crippen molar-refractivity contribution in [1.82, 2.24) is 9.88 Å². The number of hydrogen-bond acceptors (Lipinski definition) is 3. The fourth-order valence-corrected chi connectivity index (χ4v) is 2.11. The van der Waals surface area contributed by atoms with Crippen molar-refractivity contribution in [2.45, 2.75) is 25.7 Å². The first-order chi connectivity index (χ1) is 8.99. The second-order valence-corrected chi connectivity index (χ2v) is 4.57. The molecule has 0 aromatic carbocycles. The standard InChI is InChI=1S/C13H16F3N3/c14-13(15,16)11-2-5-19(6-3-11)9-10-1-4-18-12(7-10)8-17/h1-2,4,7H,3,5-6,8-9,17H2. The Morgan fingerprint density at radius 2 is 2.16 bits per heavy atom. The highest BCUT2D eigenvalue weighted by atomic mass is 19.4. The number of aromatic nitrogens is 1. The maximum Gasteiger partial charge on any atom is 0.412 e. The molecule has 1 aliphatic heterocycles. The van der Waals surface area contributed by atoms with E-state index in [0.29, 0.717) is 26.2 Å². The van der Waals surface area contributed by atoms with Crippen molar-refractivity contribution < 1.29 is 13.2 Å². The van der Waals surface area contributed by atoms with E-state index in [0.717, 1.165) is 11.3 Å². The largest absolute Gasteiger partial charge is 0.412 e. The Bertz CT molecular complexity index is 468. The van der Waals surface area contributed by atoms with Crippen molar-refractivity contribution in [3.8, 4) is 0 Å². The van der Waals surface area contributed by atoms with Gasteiger partial charge in [0.15, 0.2) is 0 Å². The van der Waals surface area contributed by atoms with Crippen molar-refractivity contribution in [2.75, 3.05) is 13.1 Å². The number of rotatable bonds is 3. The number of hydrogen-bond donors (Lipinski definition) is 1. The summed E-state index contributed by atoms with van der Waals surface area (Å²) in [6, 6.07) is 3.76. The first-order valence-corrected chi connectivity index (χ1v) is 6.11. The Labute approximate surface area is 109 Å². The fourth-order valence-electron chi connectivity index (χ4n) is 2.11. The molecule has 0 spiro atoms. The molecule has 2 heterocycles. The van der Waals surface area contributed by atoms with Crippen LogP contribution in [0, 0.1) is 0 Å². The van der Waals surface area contributed by atoms with Crippen molar-refractivity contribution in [3.05, 3.63) is 41.2 Å². The van der Waals surface area contributed by atoms with Crippen LogP contribution < -0.4 is 5.73 Å². The molecule has 1 aromatic heterocycles. The quantitative estimate of drug-likeness (QED) is 0.857. The van der Waals surface area contributed by atoms with Crippen LogP contribution in [0.25, 0.3) is 0 Å². The third kappa shape index (κ3) is 3.78. The molecule has 6 heteroatoms. The van der Waals surface area contributed by atoms with Crippen LogP contribution >= 0.6 is 0 Å². The lowest BCUT2D eigenvalue weighted by Gasteiger charge is -2.27. The van der Waals surface area contributed by atoms with Crippen molar-refractivity contribution in [2.24, 2.45) is 5.73 Å². The normalized spacial score (nSPS) is 17.4. The topological polar surface area (TPSA) is 42.1 Å². The average Bonchev–Trinajstić information content (AvgIpc) is 2.38. The molecule has 0 atom stereocenters. The molecule has 0 unspecified atom stereocenters. The second kappa shape index (κ2) is 5.71. The van der Waals surface area contributed by atoms with Crippen molar-refractivity contribution in [1.29, 1.82) is 0 Å². The lowest BCUT2D eigenvalue weighted by atomic mass is 10.1. The first kappa shape index (κ1) is 14.0. The molecule has 0 amide bonds. The molecule has 0 saturated carbocycles. The lowest BCUT2D eigenvalue weighted by Crippen LogP contribution is -2.31. The molecular weight excluding hydrogens is 255 g/mol. The van der Waals surface area contributed by atoms with E-state index in [-0.39, 0.29) is 6.42 Å². The van der Waals surface area contributed by atoms with E-state index in [9.17, 15) is 13.2 Å². The van der Waals surface area contributed by atoms with E-state index < -0.39 is 11.7 Å². The maximum absolute atomic E-state index is 12.5. The van der Waals surface area contributed by atoms with Gasteiger partial charge < -0.3 is 5.73 Å². The summed E-state index contributed by atoms with van der Waals surface area (Å²) < 4.78 is 37.5. The smallest absolute Gasteiger partial charge is 0.325 e. The fraction of sp³-hybridized carbons (Fsp3) is 0.462. The van der Waals surface area contributed by atoms with Gasteiger partial charge in [-0.05, 0) is 24.1 Å². The number of halogens is 3. The van der Waals surface area contributed by atoms with Gasteiger partial charge in [0.25, 0.3) is 0 Å². The number of pyridine rings is 1. The van der Waals surface area contributed by atoms with Gasteiger partial charge in [0.05, 0.1) is 5.69 Å². The molecule has 0 fully saturated rings. The third-order valence-corrected chi connectivity index (χ3v) is 3.15. The zero-order valence-corrected chi connectivity index (χ0v) is 10.5. The highest BCUT2D eigenvalue weighted by Gasteiger charge is 2.34. The van der Waals surface area contributed by atoms with Crippen LogP contribution in [0.15, 0.2) is 30.0 Å². The average molecular weight is 271 g/mol. The SMILES string of the molecule is NCc1cc(CN2CC=C(C(F)(F)F)CC2)ccn1. The summed E-state index contributed by atoms with van der Waals surface area (Å²) in [5.74, 6) is 0. The van der Waals surface area contributed by atoms with Gasteiger partial charge in [0.2, 0.25) is 0 Å². The molecule has 1 aromatic rings. The molecule has 104 valence electrons. The number of nitrogens with two attached hydrogens (primary N) is 1. The van der Waals surface area contributed by atoms with Gasteiger partial charge in [-0.25, -0.2) is 0 Å². The maximum atomic E-state index is 12.5. The van der Waals surface area contributed by atoms with E-state index >= 15 is 0 Å². The zero-order chi connectivity index (χ0) is 13.9. The molecule has 2 N–H and O–H groups in total. The van der Waals surface area contributed by atoms with E-state index in [1.807, 2.05) is 17.0 Å². The van der Waals surface area contributed by atoms with Gasteiger partial charge in [-0.15, -0.1) is 0 Å². The molecule has 0 saturated heterocycles. The predicted molar refractivity (Wildman–Crippen MR) is 66.2 cm³/mol. The van der Waals surface area contributed by atoms with Gasteiger partial charge in [-0.1, -0.05) is 6.08 Å². The summed E-state index contributed by atoms with van der Waals surface area (Å²) >= 11 is 0. The highest BCUT2D eigenvalue weighted by molar-refractivity contribution is 5.18. The Morgan fingerprint density at radius 1 is 1.37 bits per heavy atom. The predicted octanol–water partition coefficient (Wildman–Crippen LogP) is 2.23. The van der Waals surface area contributed by atoms with Gasteiger partial charge in [0.1, 0.15) is 0 Å². The number of alkyl halides is 3. The van der Waals surface area contributed by atoms with Crippen LogP contribution in [0.4, 0.5) is 13.2 Å². The summed E-state index contributed by atoms with van der Waals surface area (Å²) in [6.07, 6.45) is -1.18. The Morgan fingerprint density at radius 3 is 2.74 bits per heavy atom. The molecule has 19 heavy (non-hydrogen) atoms. The van der Waals surface area contributed by atoms with Crippen LogP contribution in [-0.4, -0.2) is 29.1 Å². The van der Waals surface area contributed by atoms with Crippen LogP contribution in [0.1, 0.15) is 17.7 Å². The minimum absolute atomic E-state index is 0.0539. The van der Waals surface area contributed by atoms with Gasteiger partial charge >= 0.3 is 6.18 Å². The van der Waals surface area contributed by atoms with Crippen molar-refractivity contribution in [3.63, 3.8) is 0 Å². The Hall–Kier alpha value is -1.40. The molecule has 3 nitrogen and oxygen atoms in total. The van der Waals surface area contributed by atoms with Crippen LogP contribution in [0.3, 0.4) is 0 Å². The summed E-state index contributed by atoms with van der Waals surface area (Å²) in [4.78, 5) is 6.07. The van der Waals surface area contributed by atoms with E-state index in [2.05, 4.69) is 4.98 Å². The number of nitrogens with zero attached hydrogens (tertiary/aromatic N) is 2. The summed E-state index contributed by atoms with van der Waals surface area (Å²) in [5.41, 5.74) is 6.91. The van der Waals surface area contributed by atoms with E-state index in [4.69, 9.17) is 5.73 Å². The third-order valence-electron chi connectivity index (χ3n) is 3.15. The minimum atomic E-state index is -4.19. The van der Waals surface area contributed by atoms with E-state index in [1.54, 1.807) is 6.20 Å². The summed E-state index contributed by atoms with van der Waals surface area (Å²) in [5, 5.41) is 0. The first-order valence-electron chi connectivity index (χ1n) is 6.11. The molecule has 0 bridgehead atoms. The Kier molecular flexibility index (Phi) is 4.21. The highest BCUT2D eigenvalue weighted by Crippen LogP contribution is 2.30. The lowest BCUT2D eigenvalue weighted by molar-refractivity contribution is -0.0960. The summed E-state index contributed by atoms with van der Waals surface area (Å²) in [6.45, 7) is 1.74. The van der Waals surface area contributed by atoms with Crippen LogP contribution in [-0.2, 0) is 13.1 Å². The van der Waals surface area contributed by atoms with Gasteiger partial charge in [0, 0.05) is 37.9 Å². The van der Waals surface area contributed by atoms with Gasteiger partial charge in [-0.3, -0.25) is 9.88 Å². The minimum Gasteiger partial charge on any atom is -0.325 e. The second-order valence-electron chi connectivity index (χ2n) is 4.57.